The van der Waals surface area contributed by atoms with Crippen molar-refractivity contribution in [2.45, 2.75) is 25.7 Å². The van der Waals surface area contributed by atoms with Crippen LogP contribution in [0.4, 0.5) is 0 Å². The molecule has 7 rings (SSSR count). The van der Waals surface area contributed by atoms with E-state index in [1.165, 1.54) is 59.2 Å². The van der Waals surface area contributed by atoms with Crippen LogP contribution >= 0.6 is 22.9 Å². The van der Waals surface area contributed by atoms with Crippen molar-refractivity contribution in [2.75, 3.05) is 0 Å². The molecule has 3 aromatic carbocycles. The molecule has 1 nitrogen and oxygen atoms in total. The number of nitrogens with zero attached hydrogens (tertiary/aromatic N) is 1. The summed E-state index contributed by atoms with van der Waals surface area (Å²) in [6.45, 7) is 0. The molecule has 0 radical (unpaired) electrons. The number of aromatic nitrogens is 1. The molecule has 33 heavy (non-hydrogen) atoms. The summed E-state index contributed by atoms with van der Waals surface area (Å²) >= 11 is 8.24. The summed E-state index contributed by atoms with van der Waals surface area (Å²) < 4.78 is 5.16. The minimum atomic E-state index is 0.873. The van der Waals surface area contributed by atoms with Crippen LogP contribution in [0.5, 0.6) is 0 Å². The Morgan fingerprint density at radius 2 is 1.52 bits per heavy atom. The number of para-hydroxylation sites is 1. The summed E-state index contributed by atoms with van der Waals surface area (Å²) in [4.78, 5) is 0. The van der Waals surface area contributed by atoms with Crippen molar-refractivity contribution in [3.8, 4) is 5.69 Å². The normalized spacial score (nSPS) is 16.1. The Morgan fingerprint density at radius 1 is 0.727 bits per heavy atom. The molecule has 0 spiro atoms. The maximum Gasteiger partial charge on any atom is 0.0537 e. The van der Waals surface area contributed by atoms with Gasteiger partial charge in [-0.1, -0.05) is 54.1 Å². The first kappa shape index (κ1) is 19.4. The molecule has 2 aliphatic carbocycles. The first-order chi connectivity index (χ1) is 16.3. The van der Waals surface area contributed by atoms with E-state index in [4.69, 9.17) is 11.6 Å². The Bertz CT molecular complexity index is 1670. The van der Waals surface area contributed by atoms with Gasteiger partial charge in [0.25, 0.3) is 0 Å². The highest BCUT2D eigenvalue weighted by Gasteiger charge is 2.23. The van der Waals surface area contributed by atoms with Crippen LogP contribution in [-0.4, -0.2) is 4.57 Å². The molecule has 0 fully saturated rings. The highest BCUT2D eigenvalue weighted by Crippen LogP contribution is 2.41. The Balaban J connectivity index is 1.49. The average molecular weight is 464 g/mol. The summed E-state index contributed by atoms with van der Waals surface area (Å²) in [7, 11) is 0. The molecule has 5 aromatic rings. The van der Waals surface area contributed by atoms with Crippen LogP contribution in [0.25, 0.3) is 42.8 Å². The van der Waals surface area contributed by atoms with Gasteiger partial charge in [-0.05, 0) is 84.9 Å². The molecule has 0 saturated heterocycles. The van der Waals surface area contributed by atoms with Gasteiger partial charge in [-0.15, -0.1) is 11.3 Å². The minimum absolute atomic E-state index is 0.873. The topological polar surface area (TPSA) is 4.93 Å². The molecule has 2 aliphatic rings. The zero-order valence-corrected chi connectivity index (χ0v) is 19.7. The summed E-state index contributed by atoms with van der Waals surface area (Å²) in [5.41, 5.74) is 8.13. The van der Waals surface area contributed by atoms with E-state index in [1.54, 1.807) is 0 Å². The van der Waals surface area contributed by atoms with E-state index in [1.807, 2.05) is 11.3 Å². The van der Waals surface area contributed by atoms with Crippen molar-refractivity contribution >= 4 is 60.1 Å². The molecule has 0 unspecified atom stereocenters. The molecule has 160 valence electrons. The summed E-state index contributed by atoms with van der Waals surface area (Å²) in [5.74, 6) is 0. The van der Waals surface area contributed by atoms with Crippen LogP contribution in [0.1, 0.15) is 30.5 Å². The fourth-order valence-electron chi connectivity index (χ4n) is 5.54. The standard InChI is InChI=1S/C30H22ClNS/c31-21-7-5-6-19(16-21)20-12-14-24-23-8-1-3-10-27(23)32(28(24)17-20)22-13-15-30-26(18-22)25-9-2-4-11-29(25)33-30/h1-4,7-11,13,15-18H,5-6,12,14H2. The van der Waals surface area contributed by atoms with Gasteiger partial charge in [0, 0.05) is 36.3 Å². The third-order valence-electron chi connectivity index (χ3n) is 7.07. The molecular weight excluding hydrogens is 442 g/mol. The molecule has 2 heterocycles. The second-order valence-electron chi connectivity index (χ2n) is 8.96. The lowest BCUT2D eigenvalue weighted by molar-refractivity contribution is 0.877. The van der Waals surface area contributed by atoms with Gasteiger partial charge in [-0.2, -0.15) is 0 Å². The number of aryl methyl sites for hydroxylation is 1. The fourth-order valence-corrected chi connectivity index (χ4v) is 6.87. The molecular formula is C30H22ClNS. The Labute approximate surface area is 201 Å². The molecule has 0 bridgehead atoms. The van der Waals surface area contributed by atoms with Crippen LogP contribution in [0.2, 0.25) is 0 Å². The molecule has 2 aromatic heterocycles. The monoisotopic (exact) mass is 463 g/mol. The molecule has 0 amide bonds. The lowest BCUT2D eigenvalue weighted by atomic mass is 9.87. The van der Waals surface area contributed by atoms with Crippen molar-refractivity contribution in [2.24, 2.45) is 0 Å². The second-order valence-corrected chi connectivity index (χ2v) is 10.5. The quantitative estimate of drug-likeness (QED) is 0.246. The van der Waals surface area contributed by atoms with Gasteiger partial charge in [0.05, 0.1) is 11.2 Å². The number of rotatable bonds is 2. The lowest BCUT2D eigenvalue weighted by Crippen LogP contribution is -2.05. The number of benzene rings is 3. The maximum absolute atomic E-state index is 6.37. The first-order valence-corrected chi connectivity index (χ1v) is 12.8. The van der Waals surface area contributed by atoms with E-state index in [0.717, 1.165) is 30.7 Å². The number of allylic oxidation sites excluding steroid dienone is 5. The first-order valence-electron chi connectivity index (χ1n) is 11.6. The maximum atomic E-state index is 6.37. The smallest absolute Gasteiger partial charge is 0.0537 e. The van der Waals surface area contributed by atoms with Crippen molar-refractivity contribution in [1.29, 1.82) is 0 Å². The highest BCUT2D eigenvalue weighted by molar-refractivity contribution is 7.25. The SMILES string of the molecule is ClC1=CCCC(C2=Cc3c(c4ccccc4n3-c3ccc4sc5ccccc5c4c3)CC2)=C1. The number of halogens is 1. The van der Waals surface area contributed by atoms with Crippen LogP contribution < -0.4 is 0 Å². The lowest BCUT2D eigenvalue weighted by Gasteiger charge is -2.20. The summed E-state index contributed by atoms with van der Waals surface area (Å²) in [6, 6.07) is 24.5. The van der Waals surface area contributed by atoms with Gasteiger partial charge in [-0.3, -0.25) is 0 Å². The third kappa shape index (κ3) is 3.05. The minimum Gasteiger partial charge on any atom is -0.310 e. The van der Waals surface area contributed by atoms with Gasteiger partial charge in [0.15, 0.2) is 0 Å². The van der Waals surface area contributed by atoms with Crippen molar-refractivity contribution in [1.82, 2.24) is 4.57 Å². The van der Waals surface area contributed by atoms with Crippen LogP contribution in [0, 0.1) is 0 Å². The summed E-state index contributed by atoms with van der Waals surface area (Å²) in [5, 5.41) is 4.92. The molecule has 0 atom stereocenters. The van der Waals surface area contributed by atoms with Crippen LogP contribution in [0.3, 0.4) is 0 Å². The largest absolute Gasteiger partial charge is 0.310 e. The summed E-state index contributed by atoms with van der Waals surface area (Å²) in [6.07, 6.45) is 11.0. The predicted octanol–water partition coefficient (Wildman–Crippen LogP) is 9.17. The van der Waals surface area contributed by atoms with Crippen LogP contribution in [-0.2, 0) is 6.42 Å². The number of thiophene rings is 1. The van der Waals surface area contributed by atoms with Crippen molar-refractivity contribution < 1.29 is 0 Å². The van der Waals surface area contributed by atoms with E-state index in [-0.39, 0.29) is 0 Å². The number of hydrogen-bond acceptors (Lipinski definition) is 1. The zero-order chi connectivity index (χ0) is 21.9. The highest BCUT2D eigenvalue weighted by atomic mass is 35.5. The zero-order valence-electron chi connectivity index (χ0n) is 18.1. The molecule has 0 saturated carbocycles. The predicted molar refractivity (Wildman–Crippen MR) is 144 cm³/mol. The Morgan fingerprint density at radius 3 is 2.42 bits per heavy atom. The van der Waals surface area contributed by atoms with E-state index < -0.39 is 0 Å². The van der Waals surface area contributed by atoms with Gasteiger partial charge in [0.2, 0.25) is 0 Å². The van der Waals surface area contributed by atoms with Gasteiger partial charge in [-0.25, -0.2) is 0 Å². The van der Waals surface area contributed by atoms with Crippen molar-refractivity contribution in [3.63, 3.8) is 0 Å². The average Bonchev–Trinajstić information content (AvgIpc) is 3.39. The second kappa shape index (κ2) is 7.48. The number of hydrogen-bond donors (Lipinski definition) is 0. The fraction of sp³-hybridized carbons (Fsp3) is 0.133. The number of fused-ring (bicyclic) bond motifs is 6. The third-order valence-corrected chi connectivity index (χ3v) is 8.49. The van der Waals surface area contributed by atoms with Crippen LogP contribution in [0.15, 0.2) is 95.1 Å². The van der Waals surface area contributed by atoms with E-state index in [9.17, 15) is 0 Å². The van der Waals surface area contributed by atoms with E-state index >= 15 is 0 Å². The Kier molecular flexibility index (Phi) is 4.40. The van der Waals surface area contributed by atoms with Crippen molar-refractivity contribution in [3.05, 3.63) is 106 Å². The molecule has 0 aliphatic heterocycles. The van der Waals surface area contributed by atoms with Gasteiger partial charge < -0.3 is 4.57 Å². The van der Waals surface area contributed by atoms with E-state index in [0.29, 0.717) is 0 Å². The molecule has 0 N–H and O–H groups in total. The van der Waals surface area contributed by atoms with E-state index in [2.05, 4.69) is 89.5 Å². The van der Waals surface area contributed by atoms with Gasteiger partial charge in [0.1, 0.15) is 0 Å². The molecule has 3 heteroatoms. The Hall–Kier alpha value is -3.07. The van der Waals surface area contributed by atoms with Gasteiger partial charge >= 0.3 is 0 Å².